The summed E-state index contributed by atoms with van der Waals surface area (Å²) in [6.45, 7) is 1.05. The van der Waals surface area contributed by atoms with Gasteiger partial charge < -0.3 is 5.32 Å². The molecular formula is C9H8Cl2N2O3. The Kier molecular flexibility index (Phi) is 4.12. The van der Waals surface area contributed by atoms with E-state index in [-0.39, 0.29) is 10.1 Å². The van der Waals surface area contributed by atoms with E-state index in [0.717, 1.165) is 6.92 Å². The lowest BCUT2D eigenvalue weighted by Gasteiger charge is -2.12. The third-order valence-electron chi connectivity index (χ3n) is 1.66. The number of nitrogens with zero attached hydrogens (tertiary/aromatic N) is 1. The molecule has 0 unspecified atom stereocenters. The van der Waals surface area contributed by atoms with Gasteiger partial charge in [-0.2, -0.15) is 0 Å². The Balaban J connectivity index is 2.77. The predicted octanol–water partition coefficient (Wildman–Crippen LogP) is 2.76. The molecule has 0 aliphatic heterocycles. The number of rotatable bonds is 1. The van der Waals surface area contributed by atoms with Crippen LogP contribution in [0, 0.1) is 0 Å². The number of carbonyl (C=O) groups excluding carboxylic acids is 2. The van der Waals surface area contributed by atoms with E-state index in [1.54, 1.807) is 0 Å². The standard InChI is InChI=1S/C9H8Cl2N2O3/c1-5(14)13(16)9(15)12-6-2-3-7(10)8(11)4-6/h2-4,16H,1H3,(H,12,15). The Hall–Kier alpha value is -1.30. The van der Waals surface area contributed by atoms with Crippen LogP contribution in [0.15, 0.2) is 18.2 Å². The maximum absolute atomic E-state index is 11.2. The number of hydrogen-bond donors (Lipinski definition) is 2. The number of halogens is 2. The summed E-state index contributed by atoms with van der Waals surface area (Å²) in [6, 6.07) is 3.40. The Labute approximate surface area is 102 Å². The summed E-state index contributed by atoms with van der Waals surface area (Å²) >= 11 is 11.4. The lowest BCUT2D eigenvalue weighted by atomic mass is 10.3. The average molecular weight is 263 g/mol. The lowest BCUT2D eigenvalue weighted by Crippen LogP contribution is -2.35. The molecule has 2 N–H and O–H groups in total. The van der Waals surface area contributed by atoms with Crippen molar-refractivity contribution in [2.75, 3.05) is 5.32 Å². The molecule has 16 heavy (non-hydrogen) atoms. The Morgan fingerprint density at radius 1 is 1.31 bits per heavy atom. The fourth-order valence-electron chi connectivity index (χ4n) is 0.893. The molecule has 1 aromatic rings. The number of anilines is 1. The first-order valence-corrected chi connectivity index (χ1v) is 4.93. The van der Waals surface area contributed by atoms with Crippen molar-refractivity contribution in [2.45, 2.75) is 6.92 Å². The Morgan fingerprint density at radius 2 is 1.94 bits per heavy atom. The van der Waals surface area contributed by atoms with Gasteiger partial charge in [0, 0.05) is 12.6 Å². The van der Waals surface area contributed by atoms with Gasteiger partial charge in [-0.25, -0.2) is 4.79 Å². The number of carbonyl (C=O) groups is 2. The van der Waals surface area contributed by atoms with Crippen LogP contribution >= 0.6 is 23.2 Å². The van der Waals surface area contributed by atoms with Crippen LogP contribution in [0.2, 0.25) is 10.0 Å². The van der Waals surface area contributed by atoms with Crippen molar-refractivity contribution < 1.29 is 14.8 Å². The smallest absolute Gasteiger partial charge is 0.306 e. The predicted molar refractivity (Wildman–Crippen MR) is 59.8 cm³/mol. The third kappa shape index (κ3) is 3.10. The largest absolute Gasteiger partial charge is 0.353 e. The fraction of sp³-hybridized carbons (Fsp3) is 0.111. The van der Waals surface area contributed by atoms with Gasteiger partial charge in [-0.15, -0.1) is 5.06 Å². The summed E-state index contributed by atoms with van der Waals surface area (Å²) in [7, 11) is 0. The van der Waals surface area contributed by atoms with E-state index < -0.39 is 11.9 Å². The van der Waals surface area contributed by atoms with Crippen LogP contribution in [-0.2, 0) is 4.79 Å². The van der Waals surface area contributed by atoms with E-state index in [1.165, 1.54) is 18.2 Å². The molecule has 1 rings (SSSR count). The highest BCUT2D eigenvalue weighted by Crippen LogP contribution is 2.25. The zero-order chi connectivity index (χ0) is 12.3. The van der Waals surface area contributed by atoms with E-state index in [9.17, 15) is 9.59 Å². The third-order valence-corrected chi connectivity index (χ3v) is 2.40. The Morgan fingerprint density at radius 3 is 2.44 bits per heavy atom. The molecule has 1 aromatic carbocycles. The number of hydrogen-bond acceptors (Lipinski definition) is 3. The van der Waals surface area contributed by atoms with Crippen molar-refractivity contribution in [3.8, 4) is 0 Å². The highest BCUT2D eigenvalue weighted by Gasteiger charge is 2.15. The van der Waals surface area contributed by atoms with Crippen LogP contribution in [0.3, 0.4) is 0 Å². The molecule has 0 saturated heterocycles. The van der Waals surface area contributed by atoms with Crippen molar-refractivity contribution in [3.05, 3.63) is 28.2 Å². The molecule has 0 heterocycles. The van der Waals surface area contributed by atoms with Crippen LogP contribution < -0.4 is 5.32 Å². The van der Waals surface area contributed by atoms with E-state index in [1.807, 2.05) is 0 Å². The maximum Gasteiger partial charge on any atom is 0.353 e. The molecule has 0 radical (unpaired) electrons. The molecule has 0 fully saturated rings. The number of benzene rings is 1. The Bertz CT molecular complexity index is 437. The number of amides is 3. The van der Waals surface area contributed by atoms with Gasteiger partial charge in [0.25, 0.3) is 5.91 Å². The second-order valence-corrected chi connectivity index (χ2v) is 3.70. The quantitative estimate of drug-likeness (QED) is 0.604. The van der Waals surface area contributed by atoms with Crippen molar-refractivity contribution in [2.24, 2.45) is 0 Å². The molecule has 0 atom stereocenters. The summed E-state index contributed by atoms with van der Waals surface area (Å²) in [5.41, 5.74) is 0.319. The topological polar surface area (TPSA) is 69.6 Å². The van der Waals surface area contributed by atoms with Gasteiger partial charge >= 0.3 is 6.03 Å². The molecule has 86 valence electrons. The first kappa shape index (κ1) is 12.8. The monoisotopic (exact) mass is 262 g/mol. The van der Waals surface area contributed by atoms with Crippen LogP contribution in [-0.4, -0.2) is 22.2 Å². The first-order chi connectivity index (χ1) is 7.41. The van der Waals surface area contributed by atoms with Gasteiger partial charge in [-0.1, -0.05) is 23.2 Å². The van der Waals surface area contributed by atoms with Crippen LogP contribution in [0.5, 0.6) is 0 Å². The summed E-state index contributed by atoms with van der Waals surface area (Å²) in [5.74, 6) is -0.794. The van der Waals surface area contributed by atoms with Crippen molar-refractivity contribution in [1.29, 1.82) is 0 Å². The first-order valence-electron chi connectivity index (χ1n) is 4.17. The van der Waals surface area contributed by atoms with Crippen molar-refractivity contribution >= 4 is 40.8 Å². The zero-order valence-electron chi connectivity index (χ0n) is 8.20. The van der Waals surface area contributed by atoms with E-state index in [0.29, 0.717) is 10.7 Å². The van der Waals surface area contributed by atoms with E-state index in [2.05, 4.69) is 5.32 Å². The highest BCUT2D eigenvalue weighted by molar-refractivity contribution is 6.42. The van der Waals surface area contributed by atoms with Crippen molar-refractivity contribution in [1.82, 2.24) is 5.06 Å². The number of nitrogens with one attached hydrogen (secondary N) is 1. The summed E-state index contributed by atoms with van der Waals surface area (Å²) in [6.07, 6.45) is 0. The number of imide groups is 1. The molecule has 0 aliphatic rings. The van der Waals surface area contributed by atoms with Crippen LogP contribution in [0.25, 0.3) is 0 Å². The van der Waals surface area contributed by atoms with Gasteiger partial charge in [-0.3, -0.25) is 10.0 Å². The summed E-state index contributed by atoms with van der Waals surface area (Å²) in [5, 5.41) is 11.8. The van der Waals surface area contributed by atoms with Crippen molar-refractivity contribution in [3.63, 3.8) is 0 Å². The van der Waals surface area contributed by atoms with E-state index in [4.69, 9.17) is 28.4 Å². The van der Waals surface area contributed by atoms with Crippen LogP contribution in [0.1, 0.15) is 6.92 Å². The molecule has 0 aliphatic carbocycles. The SMILES string of the molecule is CC(=O)N(O)C(=O)Nc1ccc(Cl)c(Cl)c1. The molecule has 5 nitrogen and oxygen atoms in total. The van der Waals surface area contributed by atoms with E-state index >= 15 is 0 Å². The molecule has 3 amide bonds. The minimum absolute atomic E-state index is 0.0392. The average Bonchev–Trinajstić information content (AvgIpc) is 2.22. The van der Waals surface area contributed by atoms with Gasteiger partial charge in [0.1, 0.15) is 0 Å². The maximum atomic E-state index is 11.2. The second-order valence-electron chi connectivity index (χ2n) is 2.89. The van der Waals surface area contributed by atoms with Gasteiger partial charge in [0.2, 0.25) is 0 Å². The number of urea groups is 1. The van der Waals surface area contributed by atoms with Gasteiger partial charge in [0.15, 0.2) is 0 Å². The molecule has 0 aromatic heterocycles. The van der Waals surface area contributed by atoms with Gasteiger partial charge in [-0.05, 0) is 18.2 Å². The minimum Gasteiger partial charge on any atom is -0.306 e. The molecule has 7 heteroatoms. The second kappa shape index (κ2) is 5.16. The molecular weight excluding hydrogens is 255 g/mol. The zero-order valence-corrected chi connectivity index (χ0v) is 9.71. The number of hydroxylamine groups is 2. The van der Waals surface area contributed by atoms with Gasteiger partial charge in [0.05, 0.1) is 10.0 Å². The molecule has 0 saturated carbocycles. The minimum atomic E-state index is -0.967. The summed E-state index contributed by atoms with van der Waals surface area (Å²) in [4.78, 5) is 21.9. The van der Waals surface area contributed by atoms with Crippen LogP contribution in [0.4, 0.5) is 10.5 Å². The molecule has 0 bridgehead atoms. The lowest BCUT2D eigenvalue weighted by molar-refractivity contribution is -0.149. The molecule has 0 spiro atoms. The fourth-order valence-corrected chi connectivity index (χ4v) is 1.19. The normalized spacial score (nSPS) is 9.75. The highest BCUT2D eigenvalue weighted by atomic mass is 35.5. The summed E-state index contributed by atoms with van der Waals surface area (Å²) < 4.78 is 0.